The maximum absolute atomic E-state index is 6.16. The van der Waals surface area contributed by atoms with Crippen LogP contribution in [0.15, 0.2) is 0 Å². The highest BCUT2D eigenvalue weighted by Gasteiger charge is 2.44. The van der Waals surface area contributed by atoms with Gasteiger partial charge in [-0.3, -0.25) is 4.90 Å². The topological polar surface area (TPSA) is 47.7 Å². The predicted molar refractivity (Wildman–Crippen MR) is 72.6 cm³/mol. The predicted octanol–water partition coefficient (Wildman–Crippen LogP) is 1.38. The monoisotopic (exact) mass is 256 g/mol. The van der Waals surface area contributed by atoms with Crippen molar-refractivity contribution in [1.82, 2.24) is 4.90 Å². The summed E-state index contributed by atoms with van der Waals surface area (Å²) in [6, 6.07) is 0.509. The Morgan fingerprint density at radius 1 is 1.28 bits per heavy atom. The maximum Gasteiger partial charge on any atom is 0.0675 e. The summed E-state index contributed by atoms with van der Waals surface area (Å²) in [5.41, 5.74) is 6.28. The van der Waals surface area contributed by atoms with E-state index in [1.807, 2.05) is 0 Å². The van der Waals surface area contributed by atoms with E-state index in [4.69, 9.17) is 15.2 Å². The van der Waals surface area contributed by atoms with Crippen LogP contribution in [-0.4, -0.2) is 55.0 Å². The Labute approximate surface area is 111 Å². The minimum absolute atomic E-state index is 0.121. The average Bonchev–Trinajstić information content (AvgIpc) is 2.38. The van der Waals surface area contributed by atoms with Gasteiger partial charge in [-0.05, 0) is 33.1 Å². The van der Waals surface area contributed by atoms with Crippen LogP contribution in [0.25, 0.3) is 0 Å². The molecule has 0 saturated carbocycles. The summed E-state index contributed by atoms with van der Waals surface area (Å²) in [5.74, 6) is 0. The van der Waals surface area contributed by atoms with Crippen LogP contribution < -0.4 is 5.73 Å². The summed E-state index contributed by atoms with van der Waals surface area (Å²) in [4.78, 5) is 2.63. The molecule has 0 aliphatic carbocycles. The van der Waals surface area contributed by atoms with Crippen molar-refractivity contribution in [2.24, 2.45) is 5.73 Å². The fourth-order valence-corrected chi connectivity index (χ4v) is 3.47. The molecule has 2 saturated heterocycles. The molecule has 4 unspecified atom stereocenters. The van der Waals surface area contributed by atoms with Crippen molar-refractivity contribution in [3.8, 4) is 0 Å². The van der Waals surface area contributed by atoms with Crippen LogP contribution in [0.2, 0.25) is 0 Å². The molecule has 0 bridgehead atoms. The molecule has 2 rings (SSSR count). The Bertz CT molecular complexity index is 275. The van der Waals surface area contributed by atoms with Crippen molar-refractivity contribution in [2.45, 2.75) is 63.8 Å². The van der Waals surface area contributed by atoms with Gasteiger partial charge in [0.2, 0.25) is 0 Å². The quantitative estimate of drug-likeness (QED) is 0.829. The van der Waals surface area contributed by atoms with Crippen LogP contribution >= 0.6 is 0 Å². The second-order valence-corrected chi connectivity index (χ2v) is 5.92. The lowest BCUT2D eigenvalue weighted by Gasteiger charge is -2.53. The molecule has 2 aliphatic rings. The van der Waals surface area contributed by atoms with E-state index in [1.54, 1.807) is 0 Å². The van der Waals surface area contributed by atoms with E-state index < -0.39 is 0 Å². The largest absolute Gasteiger partial charge is 0.378 e. The highest BCUT2D eigenvalue weighted by molar-refractivity contribution is 4.99. The fraction of sp³-hybridized carbons (Fsp3) is 1.00. The molecule has 0 aromatic carbocycles. The number of rotatable bonds is 3. The lowest BCUT2D eigenvalue weighted by molar-refractivity contribution is -0.136. The summed E-state index contributed by atoms with van der Waals surface area (Å²) in [7, 11) is 0. The zero-order valence-corrected chi connectivity index (χ0v) is 12.0. The average molecular weight is 256 g/mol. The van der Waals surface area contributed by atoms with E-state index in [1.165, 1.54) is 0 Å². The van der Waals surface area contributed by atoms with Crippen LogP contribution in [0.4, 0.5) is 0 Å². The van der Waals surface area contributed by atoms with Gasteiger partial charge in [-0.2, -0.15) is 0 Å². The summed E-state index contributed by atoms with van der Waals surface area (Å²) in [5, 5.41) is 0. The fourth-order valence-electron chi connectivity index (χ4n) is 3.47. The second-order valence-electron chi connectivity index (χ2n) is 5.92. The molecular formula is C14H28N2O2. The van der Waals surface area contributed by atoms with Crippen LogP contribution in [0.1, 0.15) is 40.0 Å². The maximum atomic E-state index is 6.16. The van der Waals surface area contributed by atoms with Gasteiger partial charge >= 0.3 is 0 Å². The van der Waals surface area contributed by atoms with Crippen molar-refractivity contribution in [1.29, 1.82) is 0 Å². The lowest BCUT2D eigenvalue weighted by atomic mass is 9.83. The van der Waals surface area contributed by atoms with Crippen molar-refractivity contribution < 1.29 is 9.47 Å². The molecule has 2 aliphatic heterocycles. The Kier molecular flexibility index (Phi) is 4.64. The number of hydrogen-bond donors (Lipinski definition) is 1. The third-order valence-electron chi connectivity index (χ3n) is 4.57. The Hall–Kier alpha value is -0.160. The number of ether oxygens (including phenoxy) is 2. The molecule has 0 amide bonds. The van der Waals surface area contributed by atoms with Gasteiger partial charge in [-0.25, -0.2) is 0 Å². The van der Waals surface area contributed by atoms with Gasteiger partial charge in [0.1, 0.15) is 0 Å². The highest BCUT2D eigenvalue weighted by Crippen LogP contribution is 2.34. The lowest BCUT2D eigenvalue weighted by Crippen LogP contribution is -2.65. The highest BCUT2D eigenvalue weighted by atomic mass is 16.5. The minimum Gasteiger partial charge on any atom is -0.378 e. The summed E-state index contributed by atoms with van der Waals surface area (Å²) >= 11 is 0. The van der Waals surface area contributed by atoms with Crippen molar-refractivity contribution in [2.75, 3.05) is 26.3 Å². The van der Waals surface area contributed by atoms with E-state index in [-0.39, 0.29) is 5.54 Å². The molecule has 0 aromatic heterocycles. The van der Waals surface area contributed by atoms with Crippen molar-refractivity contribution in [3.63, 3.8) is 0 Å². The standard InChI is InChI=1S/C14H28N2O2/c1-4-13-9-18-12(3)8-16(13)14(10-15)5-6-17-11(2)7-14/h11-13H,4-10,15H2,1-3H3. The van der Waals surface area contributed by atoms with Gasteiger partial charge in [0.15, 0.2) is 0 Å². The van der Waals surface area contributed by atoms with Gasteiger partial charge in [0.05, 0.1) is 18.8 Å². The first-order valence-corrected chi connectivity index (χ1v) is 7.31. The smallest absolute Gasteiger partial charge is 0.0675 e. The number of morpholine rings is 1. The van der Waals surface area contributed by atoms with Gasteiger partial charge in [-0.1, -0.05) is 6.92 Å². The molecule has 0 radical (unpaired) electrons. The zero-order chi connectivity index (χ0) is 13.2. The van der Waals surface area contributed by atoms with E-state index in [2.05, 4.69) is 25.7 Å². The van der Waals surface area contributed by atoms with E-state index in [9.17, 15) is 0 Å². The Morgan fingerprint density at radius 3 is 2.67 bits per heavy atom. The SMILES string of the molecule is CCC1COC(C)CN1C1(CN)CCOC(C)C1. The van der Waals surface area contributed by atoms with Crippen LogP contribution in [0.5, 0.6) is 0 Å². The van der Waals surface area contributed by atoms with Crippen molar-refractivity contribution >= 4 is 0 Å². The van der Waals surface area contributed by atoms with Crippen LogP contribution in [-0.2, 0) is 9.47 Å². The van der Waals surface area contributed by atoms with E-state index >= 15 is 0 Å². The number of nitrogens with two attached hydrogens (primary N) is 1. The second kappa shape index (κ2) is 5.87. The molecule has 106 valence electrons. The van der Waals surface area contributed by atoms with Gasteiger partial charge in [0, 0.05) is 31.3 Å². The molecule has 18 heavy (non-hydrogen) atoms. The summed E-state index contributed by atoms with van der Waals surface area (Å²) in [6.07, 6.45) is 3.86. The minimum atomic E-state index is 0.121. The molecule has 0 spiro atoms. The van der Waals surface area contributed by atoms with Crippen LogP contribution in [0, 0.1) is 0 Å². The van der Waals surface area contributed by atoms with Gasteiger partial charge in [-0.15, -0.1) is 0 Å². The molecule has 4 nitrogen and oxygen atoms in total. The molecular weight excluding hydrogens is 228 g/mol. The molecule has 2 fully saturated rings. The first-order chi connectivity index (χ1) is 8.61. The molecule has 2 N–H and O–H groups in total. The molecule has 2 heterocycles. The third kappa shape index (κ3) is 2.72. The van der Waals surface area contributed by atoms with Crippen LogP contribution in [0.3, 0.4) is 0 Å². The zero-order valence-electron chi connectivity index (χ0n) is 12.0. The third-order valence-corrected chi connectivity index (χ3v) is 4.57. The molecule has 4 atom stereocenters. The summed E-state index contributed by atoms with van der Waals surface area (Å²) in [6.45, 7) is 9.96. The number of hydrogen-bond acceptors (Lipinski definition) is 4. The molecule has 0 aromatic rings. The Balaban J connectivity index is 2.17. The molecule has 4 heteroatoms. The van der Waals surface area contributed by atoms with Gasteiger partial charge in [0.25, 0.3) is 0 Å². The van der Waals surface area contributed by atoms with E-state index in [0.717, 1.165) is 45.6 Å². The van der Waals surface area contributed by atoms with E-state index in [0.29, 0.717) is 18.2 Å². The van der Waals surface area contributed by atoms with Gasteiger partial charge < -0.3 is 15.2 Å². The summed E-state index contributed by atoms with van der Waals surface area (Å²) < 4.78 is 11.5. The Morgan fingerprint density at radius 2 is 2.06 bits per heavy atom. The number of nitrogens with zero attached hydrogens (tertiary/aromatic N) is 1. The normalized spacial score (nSPS) is 43.0. The first-order valence-electron chi connectivity index (χ1n) is 7.31. The van der Waals surface area contributed by atoms with Crippen molar-refractivity contribution in [3.05, 3.63) is 0 Å². The first kappa shape index (κ1) is 14.3.